The topological polar surface area (TPSA) is 140 Å². The van der Waals surface area contributed by atoms with Crippen LogP contribution < -0.4 is 0 Å². The van der Waals surface area contributed by atoms with Crippen molar-refractivity contribution in [2.24, 2.45) is 34.0 Å². The second-order valence-corrected chi connectivity index (χ2v) is 11.0. The Hall–Kier alpha value is -1.81. The summed E-state index contributed by atoms with van der Waals surface area (Å²) in [6.07, 6.45) is -1.71. The van der Waals surface area contributed by atoms with Gasteiger partial charge in [-0.25, -0.2) is 0 Å². The van der Waals surface area contributed by atoms with Crippen molar-refractivity contribution < 1.29 is 43.9 Å². The molecular weight excluding hydrogens is 432 g/mol. The predicted molar refractivity (Wildman–Crippen MR) is 111 cm³/mol. The molecule has 2 saturated heterocycles. The van der Waals surface area contributed by atoms with Crippen molar-refractivity contribution in [1.82, 2.24) is 0 Å². The fraction of sp³-hybridized carbons (Fsp3) is 0.792. The molecule has 4 bridgehead atoms. The lowest BCUT2D eigenvalue weighted by Gasteiger charge is -2.74. The highest BCUT2D eigenvalue weighted by Crippen LogP contribution is 2.76. The number of ketones is 1. The summed E-state index contributed by atoms with van der Waals surface area (Å²) >= 11 is 0. The van der Waals surface area contributed by atoms with Gasteiger partial charge < -0.3 is 29.5 Å². The van der Waals surface area contributed by atoms with Gasteiger partial charge in [0.15, 0.2) is 5.78 Å². The minimum atomic E-state index is -2.34. The largest absolute Gasteiger partial charge is 0.465 e. The number of hydrogen-bond acceptors (Lipinski definition) is 9. The van der Waals surface area contributed by atoms with E-state index in [4.69, 9.17) is 14.2 Å². The number of ether oxygens (including phenoxy) is 3. The van der Waals surface area contributed by atoms with Crippen molar-refractivity contribution in [3.63, 3.8) is 0 Å². The zero-order chi connectivity index (χ0) is 24.1. The van der Waals surface area contributed by atoms with Crippen LogP contribution in [0.1, 0.15) is 46.5 Å². The summed E-state index contributed by atoms with van der Waals surface area (Å²) in [5.41, 5.74) is -3.40. The van der Waals surface area contributed by atoms with Crippen LogP contribution in [-0.4, -0.2) is 70.4 Å². The Kier molecular flexibility index (Phi) is 4.78. The van der Waals surface area contributed by atoms with Crippen LogP contribution in [-0.2, 0) is 28.6 Å². The van der Waals surface area contributed by atoms with E-state index in [0.29, 0.717) is 25.7 Å². The number of esters is 2. The molecule has 9 heteroatoms. The molecule has 9 nitrogen and oxygen atoms in total. The average molecular weight is 465 g/mol. The fourth-order valence-electron chi connectivity index (χ4n) is 8.50. The zero-order valence-corrected chi connectivity index (χ0v) is 19.2. The van der Waals surface area contributed by atoms with Crippen LogP contribution >= 0.6 is 0 Å². The quantitative estimate of drug-likeness (QED) is 0.402. The van der Waals surface area contributed by atoms with Crippen LogP contribution in [0.2, 0.25) is 0 Å². The molecular formula is C24H32O9. The van der Waals surface area contributed by atoms with E-state index in [0.717, 1.165) is 0 Å². The third-order valence-electron chi connectivity index (χ3n) is 9.60. The molecule has 0 radical (unpaired) electrons. The molecule has 182 valence electrons. The number of carbonyl (C=O) groups excluding carboxylic acids is 3. The van der Waals surface area contributed by atoms with Crippen LogP contribution in [0.25, 0.3) is 0 Å². The number of rotatable bonds is 3. The summed E-state index contributed by atoms with van der Waals surface area (Å²) in [6.45, 7) is 8.34. The number of carbonyl (C=O) groups is 3. The number of aliphatic hydroxyl groups excluding tert-OH is 2. The first-order valence-electron chi connectivity index (χ1n) is 11.6. The molecule has 0 aromatic heterocycles. The highest BCUT2D eigenvalue weighted by Gasteiger charge is 2.87. The summed E-state index contributed by atoms with van der Waals surface area (Å²) in [7, 11) is 0. The van der Waals surface area contributed by atoms with Crippen molar-refractivity contribution in [1.29, 1.82) is 0 Å². The van der Waals surface area contributed by atoms with Gasteiger partial charge in [-0.2, -0.15) is 0 Å². The molecule has 2 aliphatic heterocycles. The number of fused-ring (bicyclic) bond motifs is 2. The average Bonchev–Trinajstić information content (AvgIpc) is 2.84. The molecule has 2 spiro atoms. The molecule has 4 saturated carbocycles. The Balaban J connectivity index is 1.73. The van der Waals surface area contributed by atoms with Crippen LogP contribution in [0, 0.1) is 34.0 Å². The molecule has 6 aliphatic rings. The predicted octanol–water partition coefficient (Wildman–Crippen LogP) is 0.490. The first-order valence-corrected chi connectivity index (χ1v) is 11.6. The van der Waals surface area contributed by atoms with E-state index in [1.165, 1.54) is 13.8 Å². The molecule has 0 aromatic rings. The maximum Gasteiger partial charge on any atom is 0.302 e. The Morgan fingerprint density at radius 1 is 1.15 bits per heavy atom. The SMILES string of the molecule is C=C1C(=O)[C@]23[C@H](O)[C@H]1CC[C@H]2[C@@]12CO[C@@]3(O)[C@@H](O)[C@@H]1[C@](C)(COC(C)=O)CC[C@@H]2OC(C)=O. The van der Waals surface area contributed by atoms with E-state index in [9.17, 15) is 29.7 Å². The molecule has 0 unspecified atom stereocenters. The summed E-state index contributed by atoms with van der Waals surface area (Å²) in [4.78, 5) is 37.4. The maximum atomic E-state index is 13.7. The second-order valence-electron chi connectivity index (χ2n) is 11.0. The van der Waals surface area contributed by atoms with Gasteiger partial charge in [-0.1, -0.05) is 13.5 Å². The van der Waals surface area contributed by atoms with Crippen molar-refractivity contribution >= 4 is 17.7 Å². The van der Waals surface area contributed by atoms with Crippen LogP contribution in [0.5, 0.6) is 0 Å². The summed E-state index contributed by atoms with van der Waals surface area (Å²) in [5, 5.41) is 35.0. The molecule has 33 heavy (non-hydrogen) atoms. The van der Waals surface area contributed by atoms with E-state index in [-0.39, 0.29) is 18.8 Å². The highest BCUT2D eigenvalue weighted by molar-refractivity contribution is 6.05. The monoisotopic (exact) mass is 464 g/mol. The molecule has 6 fully saturated rings. The van der Waals surface area contributed by atoms with Crippen molar-refractivity contribution in [2.75, 3.05) is 13.2 Å². The Bertz CT molecular complexity index is 946. The molecule has 6 rings (SSSR count). The Labute approximate surface area is 192 Å². The molecule has 0 amide bonds. The fourth-order valence-corrected chi connectivity index (χ4v) is 8.50. The van der Waals surface area contributed by atoms with Gasteiger partial charge in [0.1, 0.15) is 17.6 Å². The minimum absolute atomic E-state index is 0.000233. The molecule has 3 N–H and O–H groups in total. The standard InChI is InChI=1S/C24H32O9/c1-11-14-5-6-15-22-10-32-24(30,23(15,18(11)27)19(14)28)20(29)17(22)21(4,9-31-12(2)25)8-7-16(22)33-13(3)26/h14-17,19-20,28-30H,1,5-10H2,2-4H3/t14-,15-,16-,17+,19+,20-,21-,22+,23-,24-/m0/s1. The third-order valence-corrected chi connectivity index (χ3v) is 9.60. The van der Waals surface area contributed by atoms with Gasteiger partial charge >= 0.3 is 11.9 Å². The Morgan fingerprint density at radius 3 is 2.48 bits per heavy atom. The first kappa shape index (κ1) is 23.0. The van der Waals surface area contributed by atoms with Gasteiger partial charge in [-0.15, -0.1) is 0 Å². The van der Waals surface area contributed by atoms with Gasteiger partial charge in [0.2, 0.25) is 5.79 Å². The maximum absolute atomic E-state index is 13.7. The molecule has 0 aromatic carbocycles. The lowest BCUT2D eigenvalue weighted by Crippen LogP contribution is -2.86. The van der Waals surface area contributed by atoms with E-state index >= 15 is 0 Å². The number of aliphatic hydroxyl groups is 3. The third kappa shape index (κ3) is 2.44. The zero-order valence-electron chi connectivity index (χ0n) is 19.2. The van der Waals surface area contributed by atoms with Gasteiger partial charge in [-0.05, 0) is 37.2 Å². The normalized spacial score (nSPS) is 52.2. The molecule has 2 heterocycles. The van der Waals surface area contributed by atoms with E-state index in [1.54, 1.807) is 0 Å². The van der Waals surface area contributed by atoms with E-state index < -0.39 is 75.8 Å². The summed E-state index contributed by atoms with van der Waals surface area (Å²) < 4.78 is 17.1. The van der Waals surface area contributed by atoms with Crippen molar-refractivity contribution in [3.8, 4) is 0 Å². The Morgan fingerprint density at radius 2 is 1.85 bits per heavy atom. The van der Waals surface area contributed by atoms with Gasteiger partial charge in [-0.3, -0.25) is 14.4 Å². The van der Waals surface area contributed by atoms with Gasteiger partial charge in [0.25, 0.3) is 0 Å². The second kappa shape index (κ2) is 6.87. The van der Waals surface area contributed by atoms with Crippen LogP contribution in [0.4, 0.5) is 0 Å². The summed E-state index contributed by atoms with van der Waals surface area (Å²) in [6, 6.07) is 0. The van der Waals surface area contributed by atoms with Crippen LogP contribution in [0.3, 0.4) is 0 Å². The van der Waals surface area contributed by atoms with Crippen molar-refractivity contribution in [3.05, 3.63) is 12.2 Å². The number of Topliss-reactive ketones (excluding diaryl/α,β-unsaturated/α-hetero) is 1. The smallest absolute Gasteiger partial charge is 0.302 e. The lowest BCUT2D eigenvalue weighted by atomic mass is 9.35. The minimum Gasteiger partial charge on any atom is -0.465 e. The van der Waals surface area contributed by atoms with E-state index in [2.05, 4.69) is 6.58 Å². The van der Waals surface area contributed by atoms with Gasteiger partial charge in [0.05, 0.1) is 19.3 Å². The van der Waals surface area contributed by atoms with Gasteiger partial charge in [0, 0.05) is 36.5 Å². The van der Waals surface area contributed by atoms with Crippen molar-refractivity contribution in [2.45, 2.75) is 70.6 Å². The molecule has 4 aliphatic carbocycles. The first-order chi connectivity index (χ1) is 15.4. The summed E-state index contributed by atoms with van der Waals surface area (Å²) in [5.74, 6) is -5.63. The van der Waals surface area contributed by atoms with Crippen LogP contribution in [0.15, 0.2) is 12.2 Å². The van der Waals surface area contributed by atoms with E-state index in [1.807, 2.05) is 6.92 Å². The highest BCUT2D eigenvalue weighted by atomic mass is 16.6. The molecule has 10 atom stereocenters. The number of hydrogen-bond donors (Lipinski definition) is 3. The lowest BCUT2D eigenvalue weighted by molar-refractivity contribution is -0.459.